The van der Waals surface area contributed by atoms with E-state index in [4.69, 9.17) is 0 Å². The zero-order valence-electron chi connectivity index (χ0n) is 10.8. The molecule has 1 heterocycles. The molecule has 0 saturated carbocycles. The third-order valence-corrected chi connectivity index (χ3v) is 3.32. The molecule has 0 aromatic heterocycles. The molecular weight excluding hydrogens is 257 g/mol. The highest BCUT2D eigenvalue weighted by Gasteiger charge is 2.21. The summed E-state index contributed by atoms with van der Waals surface area (Å²) < 4.78 is 42.6. The molecule has 3 nitrogen and oxygen atoms in total. The summed E-state index contributed by atoms with van der Waals surface area (Å²) in [5.74, 6) is -1.11. The molecule has 19 heavy (non-hydrogen) atoms. The van der Waals surface area contributed by atoms with Gasteiger partial charge in [-0.1, -0.05) is 13.0 Å². The van der Waals surface area contributed by atoms with E-state index in [2.05, 4.69) is 16.6 Å². The fraction of sp³-hybridized carbons (Fsp3) is 0.538. The smallest absolute Gasteiger partial charge is 0.387 e. The summed E-state index contributed by atoms with van der Waals surface area (Å²) in [4.78, 5) is 4.12. The Labute approximate surface area is 110 Å². The number of rotatable bonds is 4. The minimum absolute atomic E-state index is 0.328. The van der Waals surface area contributed by atoms with E-state index in [0.717, 1.165) is 19.6 Å². The van der Waals surface area contributed by atoms with E-state index in [-0.39, 0.29) is 0 Å². The predicted octanol–water partition coefficient (Wildman–Crippen LogP) is 2.57. The molecule has 0 atom stereocenters. The molecule has 1 aromatic rings. The zero-order valence-corrected chi connectivity index (χ0v) is 10.8. The second-order valence-electron chi connectivity index (χ2n) is 4.39. The highest BCUT2D eigenvalue weighted by molar-refractivity contribution is 5.53. The Morgan fingerprint density at radius 3 is 2.47 bits per heavy atom. The minimum Gasteiger partial charge on any atom is -0.432 e. The quantitative estimate of drug-likeness (QED) is 0.839. The van der Waals surface area contributed by atoms with Gasteiger partial charge in [0, 0.05) is 26.2 Å². The van der Waals surface area contributed by atoms with E-state index in [1.54, 1.807) is 6.07 Å². The Morgan fingerprint density at radius 2 is 1.89 bits per heavy atom. The number of piperazine rings is 1. The molecule has 1 aromatic carbocycles. The molecule has 1 aliphatic heterocycles. The maximum absolute atomic E-state index is 14.1. The summed E-state index contributed by atoms with van der Waals surface area (Å²) in [6.07, 6.45) is 0. The molecule has 0 radical (unpaired) electrons. The molecule has 0 aliphatic carbocycles. The summed E-state index contributed by atoms with van der Waals surface area (Å²) in [5, 5.41) is 0. The lowest BCUT2D eigenvalue weighted by atomic mass is 10.2. The predicted molar refractivity (Wildman–Crippen MR) is 67.4 cm³/mol. The van der Waals surface area contributed by atoms with Gasteiger partial charge in [0.05, 0.1) is 5.69 Å². The number of halogens is 3. The maximum atomic E-state index is 14.1. The first kappa shape index (κ1) is 14.0. The van der Waals surface area contributed by atoms with E-state index >= 15 is 0 Å². The van der Waals surface area contributed by atoms with Crippen LogP contribution in [0.5, 0.6) is 5.75 Å². The molecule has 1 aliphatic rings. The van der Waals surface area contributed by atoms with E-state index in [1.165, 1.54) is 12.1 Å². The molecule has 0 amide bonds. The van der Waals surface area contributed by atoms with Crippen molar-refractivity contribution in [1.29, 1.82) is 0 Å². The fourth-order valence-corrected chi connectivity index (χ4v) is 2.24. The Hall–Kier alpha value is -1.43. The van der Waals surface area contributed by atoms with Gasteiger partial charge in [-0.05, 0) is 18.7 Å². The van der Waals surface area contributed by atoms with Gasteiger partial charge < -0.3 is 14.5 Å². The van der Waals surface area contributed by atoms with Gasteiger partial charge in [-0.3, -0.25) is 0 Å². The molecule has 0 bridgehead atoms. The first-order chi connectivity index (χ1) is 9.11. The van der Waals surface area contributed by atoms with Crippen LogP contribution in [0.25, 0.3) is 0 Å². The highest BCUT2D eigenvalue weighted by Crippen LogP contribution is 2.29. The van der Waals surface area contributed by atoms with Crippen molar-refractivity contribution in [2.45, 2.75) is 13.5 Å². The standard InChI is InChI=1S/C13H17F3N2O/c1-2-17-6-8-18(9-7-17)10-4-3-5-11(12(10)14)19-13(15)16/h3-5,13H,2,6-9H2,1H3. The average molecular weight is 274 g/mol. The second-order valence-corrected chi connectivity index (χ2v) is 4.39. The Balaban J connectivity index is 2.12. The third-order valence-electron chi connectivity index (χ3n) is 3.32. The van der Waals surface area contributed by atoms with Crippen LogP contribution in [0.15, 0.2) is 18.2 Å². The third kappa shape index (κ3) is 3.32. The van der Waals surface area contributed by atoms with E-state index < -0.39 is 18.2 Å². The number of nitrogens with zero attached hydrogens (tertiary/aromatic N) is 2. The van der Waals surface area contributed by atoms with Gasteiger partial charge in [-0.15, -0.1) is 0 Å². The lowest BCUT2D eigenvalue weighted by molar-refractivity contribution is -0.0521. The van der Waals surface area contributed by atoms with Crippen molar-refractivity contribution in [3.63, 3.8) is 0 Å². The van der Waals surface area contributed by atoms with Crippen LogP contribution in [0, 0.1) is 5.82 Å². The van der Waals surface area contributed by atoms with Gasteiger partial charge in [0.15, 0.2) is 11.6 Å². The maximum Gasteiger partial charge on any atom is 0.387 e. The van der Waals surface area contributed by atoms with Gasteiger partial charge in [-0.2, -0.15) is 8.78 Å². The molecule has 6 heteroatoms. The molecule has 1 fully saturated rings. The topological polar surface area (TPSA) is 15.7 Å². The largest absolute Gasteiger partial charge is 0.432 e. The van der Waals surface area contributed by atoms with Crippen LogP contribution >= 0.6 is 0 Å². The molecule has 0 spiro atoms. The first-order valence-electron chi connectivity index (χ1n) is 6.32. The Morgan fingerprint density at radius 1 is 1.21 bits per heavy atom. The number of likely N-dealkylation sites (N-methyl/N-ethyl adjacent to an activating group) is 1. The van der Waals surface area contributed by atoms with E-state index in [9.17, 15) is 13.2 Å². The molecule has 0 unspecified atom stereocenters. The molecule has 2 rings (SSSR count). The van der Waals surface area contributed by atoms with Crippen LogP contribution in [-0.2, 0) is 0 Å². The number of alkyl halides is 2. The summed E-state index contributed by atoms with van der Waals surface area (Å²) >= 11 is 0. The van der Waals surface area contributed by atoms with Gasteiger partial charge in [0.1, 0.15) is 0 Å². The van der Waals surface area contributed by atoms with Crippen LogP contribution in [0.4, 0.5) is 18.9 Å². The highest BCUT2D eigenvalue weighted by atomic mass is 19.3. The zero-order chi connectivity index (χ0) is 13.8. The van der Waals surface area contributed by atoms with Gasteiger partial charge >= 0.3 is 6.61 Å². The average Bonchev–Trinajstić information content (AvgIpc) is 2.41. The normalized spacial score (nSPS) is 17.0. The monoisotopic (exact) mass is 274 g/mol. The van der Waals surface area contributed by atoms with Crippen molar-refractivity contribution in [2.75, 3.05) is 37.6 Å². The lowest BCUT2D eigenvalue weighted by Gasteiger charge is -2.35. The lowest BCUT2D eigenvalue weighted by Crippen LogP contribution is -2.46. The fourth-order valence-electron chi connectivity index (χ4n) is 2.24. The van der Waals surface area contributed by atoms with E-state index in [0.29, 0.717) is 18.8 Å². The number of hydrogen-bond donors (Lipinski definition) is 0. The van der Waals surface area contributed by atoms with Crippen LogP contribution < -0.4 is 9.64 Å². The molecular formula is C13H17F3N2O. The SMILES string of the molecule is CCN1CCN(c2cccc(OC(F)F)c2F)CC1. The van der Waals surface area contributed by atoms with E-state index in [1.807, 2.05) is 4.90 Å². The summed E-state index contributed by atoms with van der Waals surface area (Å²) in [5.41, 5.74) is 0.328. The number of anilines is 1. The summed E-state index contributed by atoms with van der Waals surface area (Å²) in [6, 6.07) is 4.34. The molecule has 1 saturated heterocycles. The van der Waals surface area contributed by atoms with Gasteiger partial charge in [0.2, 0.25) is 0 Å². The minimum atomic E-state index is -3.01. The molecule has 106 valence electrons. The van der Waals surface area contributed by atoms with Gasteiger partial charge in [0.25, 0.3) is 0 Å². The Bertz CT molecular complexity index is 420. The number of benzene rings is 1. The van der Waals surface area contributed by atoms with Crippen molar-refractivity contribution in [3.05, 3.63) is 24.0 Å². The summed E-state index contributed by atoms with van der Waals surface area (Å²) in [6.45, 7) is 3.08. The van der Waals surface area contributed by atoms with Crippen molar-refractivity contribution in [1.82, 2.24) is 4.90 Å². The van der Waals surface area contributed by atoms with Crippen LogP contribution in [0.1, 0.15) is 6.92 Å². The van der Waals surface area contributed by atoms with Crippen molar-refractivity contribution in [2.24, 2.45) is 0 Å². The van der Waals surface area contributed by atoms with Gasteiger partial charge in [-0.25, -0.2) is 4.39 Å². The van der Waals surface area contributed by atoms with Crippen LogP contribution in [-0.4, -0.2) is 44.2 Å². The number of hydrogen-bond acceptors (Lipinski definition) is 3. The summed E-state index contributed by atoms with van der Waals surface area (Å²) in [7, 11) is 0. The second kappa shape index (κ2) is 6.14. The number of ether oxygens (including phenoxy) is 1. The first-order valence-corrected chi connectivity index (χ1v) is 6.32. The van der Waals surface area contributed by atoms with Crippen LogP contribution in [0.2, 0.25) is 0 Å². The van der Waals surface area contributed by atoms with Crippen molar-refractivity contribution >= 4 is 5.69 Å². The van der Waals surface area contributed by atoms with Crippen molar-refractivity contribution in [3.8, 4) is 5.75 Å². The molecule has 0 N–H and O–H groups in total. The Kier molecular flexibility index (Phi) is 4.52. The van der Waals surface area contributed by atoms with Crippen molar-refractivity contribution < 1.29 is 17.9 Å². The van der Waals surface area contributed by atoms with Crippen LogP contribution in [0.3, 0.4) is 0 Å².